The van der Waals surface area contributed by atoms with Crippen molar-refractivity contribution >= 4 is 0 Å². The lowest BCUT2D eigenvalue weighted by molar-refractivity contribution is 1.02. The SMILES string of the molecule is c1ccc(-c2cc(-c3ccccc3)cc(-c3ccc(-c4ccc(C5c6ccccc6-c6ccccc65)cc4)cc3)c2)cc1. The number of hydrogen-bond donors (Lipinski definition) is 0. The molecule has 0 spiro atoms. The standard InChI is InChI=1S/C43H30/c1-3-11-30(12-4-1)36-27-37(31-13-5-2-6-14-31)29-38(28-36)34-21-19-32(20-22-34)33-23-25-35(26-24-33)43-41-17-9-7-15-39(41)40-16-8-10-18-42(40)43/h1-29,43H. The summed E-state index contributed by atoms with van der Waals surface area (Å²) in [5, 5.41) is 0. The van der Waals surface area contributed by atoms with E-state index in [1.165, 1.54) is 72.3 Å². The number of benzene rings is 7. The summed E-state index contributed by atoms with van der Waals surface area (Å²) in [6.45, 7) is 0. The molecule has 1 aliphatic rings. The van der Waals surface area contributed by atoms with Crippen LogP contribution in [0.2, 0.25) is 0 Å². The smallest absolute Gasteiger partial charge is 0.0352 e. The van der Waals surface area contributed by atoms with E-state index in [4.69, 9.17) is 0 Å². The lowest BCUT2D eigenvalue weighted by Gasteiger charge is -2.15. The first kappa shape index (κ1) is 25.3. The summed E-state index contributed by atoms with van der Waals surface area (Å²) in [6, 6.07) is 64.1. The van der Waals surface area contributed by atoms with E-state index in [0.29, 0.717) is 0 Å². The molecule has 0 saturated carbocycles. The third-order valence-corrected chi connectivity index (χ3v) is 8.78. The monoisotopic (exact) mass is 546 g/mol. The van der Waals surface area contributed by atoms with Crippen molar-refractivity contribution < 1.29 is 0 Å². The van der Waals surface area contributed by atoms with Crippen molar-refractivity contribution in [3.8, 4) is 55.6 Å². The van der Waals surface area contributed by atoms with Crippen LogP contribution in [0, 0.1) is 0 Å². The van der Waals surface area contributed by atoms with Gasteiger partial charge >= 0.3 is 0 Å². The van der Waals surface area contributed by atoms with Gasteiger partial charge in [-0.15, -0.1) is 0 Å². The van der Waals surface area contributed by atoms with E-state index in [2.05, 4.69) is 176 Å². The second-order valence-electron chi connectivity index (χ2n) is 11.3. The summed E-state index contributed by atoms with van der Waals surface area (Å²) in [6.07, 6.45) is 0. The van der Waals surface area contributed by atoms with E-state index in [-0.39, 0.29) is 5.92 Å². The van der Waals surface area contributed by atoms with Crippen molar-refractivity contribution in [3.63, 3.8) is 0 Å². The maximum absolute atomic E-state index is 2.31. The molecule has 8 rings (SSSR count). The summed E-state index contributed by atoms with van der Waals surface area (Å²) in [5.74, 6) is 0.277. The summed E-state index contributed by atoms with van der Waals surface area (Å²) >= 11 is 0. The van der Waals surface area contributed by atoms with Gasteiger partial charge in [0, 0.05) is 5.92 Å². The van der Waals surface area contributed by atoms with Crippen LogP contribution >= 0.6 is 0 Å². The second-order valence-corrected chi connectivity index (χ2v) is 11.3. The molecule has 0 heteroatoms. The Labute approximate surface area is 253 Å². The van der Waals surface area contributed by atoms with Gasteiger partial charge in [-0.2, -0.15) is 0 Å². The van der Waals surface area contributed by atoms with Crippen molar-refractivity contribution in [1.82, 2.24) is 0 Å². The molecule has 0 bridgehead atoms. The molecule has 0 amide bonds. The Hall–Kier alpha value is -5.46. The van der Waals surface area contributed by atoms with E-state index in [0.717, 1.165) is 0 Å². The Balaban J connectivity index is 1.12. The highest BCUT2D eigenvalue weighted by Gasteiger charge is 2.29. The second kappa shape index (κ2) is 10.7. The molecule has 0 atom stereocenters. The quantitative estimate of drug-likeness (QED) is 0.201. The van der Waals surface area contributed by atoms with Crippen LogP contribution in [0.4, 0.5) is 0 Å². The fourth-order valence-electron chi connectivity index (χ4n) is 6.63. The third-order valence-electron chi connectivity index (χ3n) is 8.78. The van der Waals surface area contributed by atoms with Crippen molar-refractivity contribution in [2.75, 3.05) is 0 Å². The molecular weight excluding hydrogens is 516 g/mol. The zero-order valence-corrected chi connectivity index (χ0v) is 23.8. The molecule has 0 radical (unpaired) electrons. The minimum Gasteiger partial charge on any atom is -0.0622 e. The van der Waals surface area contributed by atoms with Gasteiger partial charge in [-0.3, -0.25) is 0 Å². The highest BCUT2D eigenvalue weighted by Crippen LogP contribution is 2.48. The van der Waals surface area contributed by atoms with Crippen molar-refractivity contribution in [2.24, 2.45) is 0 Å². The third kappa shape index (κ3) is 4.68. The largest absolute Gasteiger partial charge is 0.0622 e. The molecule has 7 aromatic carbocycles. The van der Waals surface area contributed by atoms with E-state index in [1.807, 2.05) is 0 Å². The molecule has 1 aliphatic carbocycles. The van der Waals surface area contributed by atoms with E-state index < -0.39 is 0 Å². The first-order chi connectivity index (χ1) is 21.3. The Kier molecular flexibility index (Phi) is 6.31. The zero-order chi connectivity index (χ0) is 28.6. The van der Waals surface area contributed by atoms with Crippen LogP contribution in [-0.4, -0.2) is 0 Å². The molecule has 0 aromatic heterocycles. The molecule has 202 valence electrons. The van der Waals surface area contributed by atoms with E-state index >= 15 is 0 Å². The maximum atomic E-state index is 2.31. The average Bonchev–Trinajstić information content (AvgIpc) is 3.43. The highest BCUT2D eigenvalue weighted by atomic mass is 14.3. The Morgan fingerprint density at radius 1 is 0.256 bits per heavy atom. The van der Waals surface area contributed by atoms with Gasteiger partial charge < -0.3 is 0 Å². The first-order valence-electron chi connectivity index (χ1n) is 15.0. The molecule has 43 heavy (non-hydrogen) atoms. The normalized spacial score (nSPS) is 12.1. The Bertz CT molecular complexity index is 1930. The van der Waals surface area contributed by atoms with Crippen LogP contribution < -0.4 is 0 Å². The minimum atomic E-state index is 0.277. The minimum absolute atomic E-state index is 0.277. The highest BCUT2D eigenvalue weighted by molar-refractivity contribution is 5.83. The fraction of sp³-hybridized carbons (Fsp3) is 0.0233. The topological polar surface area (TPSA) is 0 Å². The van der Waals surface area contributed by atoms with Gasteiger partial charge in [0.15, 0.2) is 0 Å². The Morgan fingerprint density at radius 3 is 1.02 bits per heavy atom. The predicted octanol–water partition coefficient (Wildman–Crippen LogP) is 11.5. The molecule has 0 nitrogen and oxygen atoms in total. The molecule has 0 unspecified atom stereocenters. The predicted molar refractivity (Wildman–Crippen MR) is 181 cm³/mol. The fourth-order valence-corrected chi connectivity index (χ4v) is 6.63. The summed E-state index contributed by atoms with van der Waals surface area (Å²) in [4.78, 5) is 0. The van der Waals surface area contributed by atoms with Gasteiger partial charge in [-0.1, -0.05) is 158 Å². The van der Waals surface area contributed by atoms with E-state index in [1.54, 1.807) is 0 Å². The van der Waals surface area contributed by atoms with Crippen molar-refractivity contribution in [3.05, 3.63) is 193 Å². The van der Waals surface area contributed by atoms with Crippen LogP contribution in [0.1, 0.15) is 22.6 Å². The van der Waals surface area contributed by atoms with Crippen molar-refractivity contribution in [2.45, 2.75) is 5.92 Å². The number of fused-ring (bicyclic) bond motifs is 3. The van der Waals surface area contributed by atoms with Gasteiger partial charge in [-0.05, 0) is 90.5 Å². The summed E-state index contributed by atoms with van der Waals surface area (Å²) in [7, 11) is 0. The molecule has 0 heterocycles. The molecule has 0 N–H and O–H groups in total. The molecule has 0 aliphatic heterocycles. The van der Waals surface area contributed by atoms with Crippen LogP contribution in [0.15, 0.2) is 176 Å². The lowest BCUT2D eigenvalue weighted by atomic mass is 9.88. The number of rotatable bonds is 5. The Morgan fingerprint density at radius 2 is 0.581 bits per heavy atom. The van der Waals surface area contributed by atoms with E-state index in [9.17, 15) is 0 Å². The van der Waals surface area contributed by atoms with Crippen LogP contribution in [-0.2, 0) is 0 Å². The molecular formula is C43H30. The average molecular weight is 547 g/mol. The maximum Gasteiger partial charge on any atom is 0.0352 e. The van der Waals surface area contributed by atoms with Gasteiger partial charge in [0.05, 0.1) is 0 Å². The number of hydrogen-bond acceptors (Lipinski definition) is 0. The van der Waals surface area contributed by atoms with Gasteiger partial charge in [0.1, 0.15) is 0 Å². The van der Waals surface area contributed by atoms with Gasteiger partial charge in [-0.25, -0.2) is 0 Å². The summed E-state index contributed by atoms with van der Waals surface area (Å²) in [5.41, 5.74) is 16.7. The first-order valence-corrected chi connectivity index (χ1v) is 15.0. The van der Waals surface area contributed by atoms with Crippen LogP contribution in [0.5, 0.6) is 0 Å². The van der Waals surface area contributed by atoms with Crippen molar-refractivity contribution in [1.29, 1.82) is 0 Å². The van der Waals surface area contributed by atoms with Crippen LogP contribution in [0.3, 0.4) is 0 Å². The van der Waals surface area contributed by atoms with Gasteiger partial charge in [0.2, 0.25) is 0 Å². The van der Waals surface area contributed by atoms with Crippen LogP contribution in [0.25, 0.3) is 55.6 Å². The summed E-state index contributed by atoms with van der Waals surface area (Å²) < 4.78 is 0. The van der Waals surface area contributed by atoms with Gasteiger partial charge in [0.25, 0.3) is 0 Å². The zero-order valence-electron chi connectivity index (χ0n) is 23.8. The lowest BCUT2D eigenvalue weighted by Crippen LogP contribution is -1.98. The molecule has 0 saturated heterocycles. The molecule has 7 aromatic rings. The molecule has 0 fully saturated rings.